The van der Waals surface area contributed by atoms with Crippen molar-refractivity contribution in [2.45, 2.75) is 0 Å². The molecule has 0 aliphatic heterocycles. The molecule has 0 radical (unpaired) electrons. The Morgan fingerprint density at radius 1 is 0.619 bits per heavy atom. The van der Waals surface area contributed by atoms with Gasteiger partial charge in [0.15, 0.2) is 0 Å². The zero-order valence-corrected chi connectivity index (χ0v) is 13.3. The molecule has 0 amide bonds. The Bertz CT molecular complexity index is 380. The highest BCUT2D eigenvalue weighted by atomic mass is 32.3. The first-order valence-electron chi connectivity index (χ1n) is 3.22. The first-order chi connectivity index (χ1) is 8.00. The van der Waals surface area contributed by atoms with Gasteiger partial charge >= 0.3 is 10.4 Å². The van der Waals surface area contributed by atoms with E-state index in [0.717, 1.165) is 0 Å². The van der Waals surface area contributed by atoms with E-state index in [1.165, 1.54) is 0 Å². The van der Waals surface area contributed by atoms with E-state index in [4.69, 9.17) is 57.5 Å². The maximum absolute atomic E-state index is 9.10. The van der Waals surface area contributed by atoms with E-state index < -0.39 is 42.4 Å². The van der Waals surface area contributed by atoms with Gasteiger partial charge < -0.3 is 6.15 Å². The van der Waals surface area contributed by atoms with Gasteiger partial charge in [-0.2, -0.15) is 8.42 Å². The van der Waals surface area contributed by atoms with Crippen LogP contribution in [-0.4, -0.2) is 57.5 Å². The highest BCUT2D eigenvalue weighted by molar-refractivity contribution is 7.90. The van der Waals surface area contributed by atoms with Gasteiger partial charge in [-0.1, -0.05) is 0 Å². The molecule has 0 spiro atoms. The van der Waals surface area contributed by atoms with Crippen LogP contribution in [0.25, 0.3) is 0 Å². The molecule has 0 fully saturated rings. The molecule has 0 aliphatic rings. The van der Waals surface area contributed by atoms with Crippen LogP contribution < -0.4 is 21.6 Å². The summed E-state index contributed by atoms with van der Waals surface area (Å²) in [6, 6.07) is 0. The molecule has 21 heavy (non-hydrogen) atoms. The van der Waals surface area contributed by atoms with Crippen LogP contribution in [0, 0.1) is 0 Å². The molecule has 21 heteroatoms. The summed E-state index contributed by atoms with van der Waals surface area (Å²) in [5.74, 6) is 0. The lowest BCUT2D eigenvalue weighted by Gasteiger charge is -1.95. The second-order valence-corrected chi connectivity index (χ2v) is 6.65. The molecule has 0 aromatic carbocycles. The Labute approximate surface area is 122 Å². The van der Waals surface area contributed by atoms with Crippen molar-refractivity contribution in [3.05, 3.63) is 0 Å². The van der Waals surface area contributed by atoms with Gasteiger partial charge in [-0.05, 0) is 0 Å². The van der Waals surface area contributed by atoms with Crippen LogP contribution >= 0.6 is 0 Å². The number of rotatable bonds is 0. The lowest BCUT2D eigenvalue weighted by atomic mass is 13.9. The summed E-state index contributed by atoms with van der Waals surface area (Å²) >= 11 is 0. The lowest BCUT2D eigenvalue weighted by molar-refractivity contribution is 0.380. The number of nitrogens with two attached hydrogens (primary N) is 3. The SMILES string of the molecule is N.N[SH](=O)(O)O.N[SH](=O)(O)O.N[SH](=O)(O)O.O=S(=O)(O)O. The Kier molecular flexibility index (Phi) is 19.4. The second kappa shape index (κ2) is 12.5. The normalized spacial score (nSPS) is 13.5. The van der Waals surface area contributed by atoms with Crippen LogP contribution in [0.5, 0.6) is 0 Å². The van der Waals surface area contributed by atoms with Gasteiger partial charge in [-0.3, -0.25) is 36.4 Å². The maximum atomic E-state index is 9.10. The molecule has 0 unspecified atom stereocenters. The molecule has 17 nitrogen and oxygen atoms in total. The number of thiol groups is 3. The fourth-order valence-electron chi connectivity index (χ4n) is 0. The average Bonchev–Trinajstić information content (AvgIpc) is 1.62. The molecular formula is H20N4O13S4. The van der Waals surface area contributed by atoms with Crippen molar-refractivity contribution < 1.29 is 57.5 Å². The minimum atomic E-state index is -4.67. The van der Waals surface area contributed by atoms with Crippen molar-refractivity contribution >= 4 is 42.4 Å². The van der Waals surface area contributed by atoms with Crippen LogP contribution in [-0.2, 0) is 42.4 Å². The molecule has 142 valence electrons. The number of hydrogen-bond donors (Lipinski definition) is 15. The van der Waals surface area contributed by atoms with Crippen LogP contribution in [0.3, 0.4) is 0 Å². The Hall–Kier alpha value is -0.0800. The van der Waals surface area contributed by atoms with Gasteiger partial charge in [-0.25, -0.2) is 28.0 Å². The Morgan fingerprint density at radius 3 is 0.619 bits per heavy atom. The van der Waals surface area contributed by atoms with Crippen LogP contribution in [0.2, 0.25) is 0 Å². The first-order valence-corrected chi connectivity index (χ1v) is 9.66. The highest BCUT2D eigenvalue weighted by Crippen LogP contribution is 1.66. The monoisotopic (exact) mass is 412 g/mol. The van der Waals surface area contributed by atoms with Crippen molar-refractivity contribution in [1.82, 2.24) is 6.15 Å². The average molecular weight is 412 g/mol. The minimum absolute atomic E-state index is 0. The van der Waals surface area contributed by atoms with E-state index in [0.29, 0.717) is 0 Å². The van der Waals surface area contributed by atoms with Crippen molar-refractivity contribution in [3.8, 4) is 0 Å². The minimum Gasteiger partial charge on any atom is -0.344 e. The summed E-state index contributed by atoms with van der Waals surface area (Å²) in [5, 5.41) is 12.1. The molecule has 0 aromatic rings. The maximum Gasteiger partial charge on any atom is 0.394 e. The van der Waals surface area contributed by atoms with Gasteiger partial charge in [0.05, 0.1) is 0 Å². The van der Waals surface area contributed by atoms with Crippen molar-refractivity contribution in [2.24, 2.45) is 15.4 Å². The third kappa shape index (κ3) is 1000000. The summed E-state index contributed by atoms with van der Waals surface area (Å²) < 4.78 is 103. The molecule has 0 bridgehead atoms. The zero-order valence-electron chi connectivity index (χ0n) is 9.81. The summed E-state index contributed by atoms with van der Waals surface area (Å²) in [6.07, 6.45) is 0. The fraction of sp³-hybridized carbons (Fsp3) is 0. The molecule has 0 heterocycles. The summed E-state index contributed by atoms with van der Waals surface area (Å²) in [7, 11) is -17.1. The summed E-state index contributed by atoms with van der Waals surface area (Å²) in [5.41, 5.74) is 0. The summed E-state index contributed by atoms with van der Waals surface area (Å²) in [6.45, 7) is 0. The standard InChI is InChI=1S/3H5NO3S.H3N.H2O4S/c3*1-5(2,3)4;;1-5(2,3)4/h3*5H,(H4,1,2,3,4);1H3;(H2,1,2,3,4). The van der Waals surface area contributed by atoms with Gasteiger partial charge in [-0.15, -0.1) is 0 Å². The zero-order chi connectivity index (χ0) is 18.0. The molecule has 0 rings (SSSR count). The van der Waals surface area contributed by atoms with Gasteiger partial charge in [0.25, 0.3) is 0 Å². The third-order valence-corrected chi connectivity index (χ3v) is 0. The molecule has 0 aliphatic carbocycles. The molecular weight excluding hydrogens is 392 g/mol. The van der Waals surface area contributed by atoms with Crippen LogP contribution in [0.4, 0.5) is 0 Å². The lowest BCUT2D eigenvalue weighted by Crippen LogP contribution is -2.18. The van der Waals surface area contributed by atoms with Gasteiger partial charge in [0.1, 0.15) is 32.0 Å². The Morgan fingerprint density at radius 2 is 0.619 bits per heavy atom. The molecule has 0 saturated carbocycles. The van der Waals surface area contributed by atoms with Crippen molar-refractivity contribution in [3.63, 3.8) is 0 Å². The van der Waals surface area contributed by atoms with E-state index >= 15 is 0 Å². The van der Waals surface area contributed by atoms with E-state index in [9.17, 15) is 0 Å². The predicted molar refractivity (Wildman–Crippen MR) is 76.1 cm³/mol. The van der Waals surface area contributed by atoms with E-state index in [1.54, 1.807) is 0 Å². The fourth-order valence-corrected chi connectivity index (χ4v) is 0. The third-order valence-electron chi connectivity index (χ3n) is 0. The Balaban J connectivity index is -0.0000000533. The molecule has 0 aromatic heterocycles. The van der Waals surface area contributed by atoms with E-state index in [1.807, 2.05) is 0 Å². The highest BCUT2D eigenvalue weighted by Gasteiger charge is 1.84. The van der Waals surface area contributed by atoms with Crippen LogP contribution in [0.15, 0.2) is 0 Å². The number of hydrogen-bond acceptors (Lipinski definition) is 6. The van der Waals surface area contributed by atoms with Crippen molar-refractivity contribution in [2.75, 3.05) is 0 Å². The van der Waals surface area contributed by atoms with Gasteiger partial charge in [0.2, 0.25) is 0 Å². The molecule has 0 atom stereocenters. The van der Waals surface area contributed by atoms with E-state index in [-0.39, 0.29) is 6.15 Å². The summed E-state index contributed by atoms with van der Waals surface area (Å²) in [4.78, 5) is 0. The molecule has 0 saturated heterocycles. The largest absolute Gasteiger partial charge is 0.394 e. The van der Waals surface area contributed by atoms with Crippen LogP contribution in [0.1, 0.15) is 0 Å². The first kappa shape index (κ1) is 32.8. The smallest absolute Gasteiger partial charge is 0.344 e. The molecule has 17 N–H and O–H groups in total. The van der Waals surface area contributed by atoms with Gasteiger partial charge in [0, 0.05) is 0 Å². The quantitative estimate of drug-likeness (QED) is 0.133. The predicted octanol–water partition coefficient (Wildman–Crippen LogP) is -4.02. The second-order valence-electron chi connectivity index (χ2n) is 2.22. The van der Waals surface area contributed by atoms with Crippen molar-refractivity contribution in [1.29, 1.82) is 0 Å². The topological polar surface area (TPSA) is 360 Å². The van der Waals surface area contributed by atoms with E-state index in [2.05, 4.69) is 15.4 Å².